The fraction of sp³-hybridized carbons (Fsp3) is 0.435. The van der Waals surface area contributed by atoms with Gasteiger partial charge in [0.05, 0.1) is 18.9 Å². The predicted octanol–water partition coefficient (Wildman–Crippen LogP) is 4.27. The summed E-state index contributed by atoms with van der Waals surface area (Å²) in [5.41, 5.74) is 3.68. The molecule has 1 aromatic carbocycles. The Kier molecular flexibility index (Phi) is 6.20. The number of morpholine rings is 1. The van der Waals surface area contributed by atoms with Crippen LogP contribution in [0.4, 0.5) is 10.7 Å². The fourth-order valence-electron chi connectivity index (χ4n) is 3.46. The number of anilines is 1. The number of hydrogen-bond acceptors (Lipinski definition) is 5. The lowest BCUT2D eigenvalue weighted by Crippen LogP contribution is -2.52. The second-order valence-corrected chi connectivity index (χ2v) is 8.59. The number of aromatic nitrogens is 3. The van der Waals surface area contributed by atoms with E-state index in [9.17, 15) is 4.79 Å². The molecule has 0 radical (unpaired) electrons. The number of pyridine rings is 1. The number of nitrogens with zero attached hydrogens (tertiary/aromatic N) is 4. The van der Waals surface area contributed by atoms with Gasteiger partial charge in [-0.1, -0.05) is 49.6 Å². The molecule has 8 heteroatoms. The van der Waals surface area contributed by atoms with E-state index in [1.54, 1.807) is 10.6 Å². The fourth-order valence-corrected chi connectivity index (χ4v) is 3.46. The van der Waals surface area contributed by atoms with Crippen molar-refractivity contribution in [3.05, 3.63) is 48.0 Å². The lowest BCUT2D eigenvalue weighted by Gasteiger charge is -2.42. The van der Waals surface area contributed by atoms with E-state index >= 15 is 0 Å². The number of benzene rings is 1. The minimum absolute atomic E-state index is 0.0246. The molecule has 1 saturated carbocycles. The number of amides is 1. The summed E-state index contributed by atoms with van der Waals surface area (Å²) >= 11 is 0. The molecule has 2 fully saturated rings. The molecule has 1 saturated heterocycles. The second kappa shape index (κ2) is 9.03. The van der Waals surface area contributed by atoms with Crippen molar-refractivity contribution < 1.29 is 14.6 Å². The van der Waals surface area contributed by atoms with Crippen molar-refractivity contribution in [2.45, 2.75) is 45.2 Å². The zero-order valence-corrected chi connectivity index (χ0v) is 18.0. The molecule has 1 amide bonds. The molecule has 31 heavy (non-hydrogen) atoms. The molecular formula is C23H29N5O3. The standard InChI is InChI=1S/C20H23N5O3.C3H6/c1-20(2)13-28-11-10-24(20)12-14-6-8-15(9-7-14)16-4-3-5-17-21-18(22-19(26)27)23-25(16)17;1-2-3-1/h3-9H,10-13H2,1-2H3,(H,22,23)(H,26,27);1-3H2. The van der Waals surface area contributed by atoms with Crippen LogP contribution >= 0.6 is 0 Å². The highest BCUT2D eigenvalue weighted by molar-refractivity contribution is 5.80. The topological polar surface area (TPSA) is 92.0 Å². The van der Waals surface area contributed by atoms with Crippen molar-refractivity contribution in [2.24, 2.45) is 0 Å². The van der Waals surface area contributed by atoms with Gasteiger partial charge in [-0.3, -0.25) is 10.2 Å². The van der Waals surface area contributed by atoms with Gasteiger partial charge in [-0.2, -0.15) is 4.98 Å². The highest BCUT2D eigenvalue weighted by Crippen LogP contribution is 2.25. The van der Waals surface area contributed by atoms with Crippen molar-refractivity contribution >= 4 is 17.7 Å². The molecule has 5 rings (SSSR count). The van der Waals surface area contributed by atoms with Crippen LogP contribution in [0.2, 0.25) is 0 Å². The molecule has 0 atom stereocenters. The Bertz CT molecular complexity index is 1040. The maximum atomic E-state index is 10.8. The lowest BCUT2D eigenvalue weighted by atomic mass is 10.0. The van der Waals surface area contributed by atoms with E-state index in [-0.39, 0.29) is 11.5 Å². The third-order valence-electron chi connectivity index (χ3n) is 5.37. The average Bonchev–Trinajstić information content (AvgIpc) is 3.56. The first kappa shape index (κ1) is 21.3. The van der Waals surface area contributed by atoms with Crippen LogP contribution < -0.4 is 5.32 Å². The normalized spacial score (nSPS) is 17.6. The summed E-state index contributed by atoms with van der Waals surface area (Å²) in [7, 11) is 0. The summed E-state index contributed by atoms with van der Waals surface area (Å²) in [5, 5.41) is 15.3. The smallest absolute Gasteiger partial charge is 0.411 e. The van der Waals surface area contributed by atoms with Gasteiger partial charge in [-0.05, 0) is 31.5 Å². The van der Waals surface area contributed by atoms with Gasteiger partial charge in [0.15, 0.2) is 5.65 Å². The second-order valence-electron chi connectivity index (χ2n) is 8.59. The zero-order chi connectivity index (χ0) is 21.8. The van der Waals surface area contributed by atoms with Gasteiger partial charge >= 0.3 is 6.09 Å². The highest BCUT2D eigenvalue weighted by Gasteiger charge is 2.30. The number of fused-ring (bicyclic) bond motifs is 1. The van der Waals surface area contributed by atoms with Crippen molar-refractivity contribution in [3.8, 4) is 11.3 Å². The Balaban J connectivity index is 0.000000710. The molecule has 1 aliphatic heterocycles. The summed E-state index contributed by atoms with van der Waals surface area (Å²) in [6, 6.07) is 14.0. The lowest BCUT2D eigenvalue weighted by molar-refractivity contribution is -0.0552. The Hall–Kier alpha value is -2.97. The van der Waals surface area contributed by atoms with E-state index in [0.717, 1.165) is 37.6 Å². The molecule has 3 aromatic rings. The van der Waals surface area contributed by atoms with Crippen molar-refractivity contribution in [1.29, 1.82) is 0 Å². The first-order chi connectivity index (χ1) is 14.9. The maximum Gasteiger partial charge on any atom is 0.411 e. The predicted molar refractivity (Wildman–Crippen MR) is 119 cm³/mol. The monoisotopic (exact) mass is 423 g/mol. The minimum atomic E-state index is -1.19. The van der Waals surface area contributed by atoms with Crippen LogP contribution in [0, 0.1) is 0 Å². The number of rotatable bonds is 4. The maximum absolute atomic E-state index is 10.8. The molecule has 2 N–H and O–H groups in total. The third-order valence-corrected chi connectivity index (χ3v) is 5.37. The highest BCUT2D eigenvalue weighted by atomic mass is 16.5. The molecule has 164 valence electrons. The quantitative estimate of drug-likeness (QED) is 0.651. The number of carbonyl (C=O) groups is 1. The number of carboxylic acid groups (broad SMARTS) is 1. The van der Waals surface area contributed by atoms with Gasteiger partial charge in [0.25, 0.3) is 5.95 Å². The van der Waals surface area contributed by atoms with Gasteiger partial charge in [-0.15, -0.1) is 5.10 Å². The third kappa shape index (κ3) is 5.39. The van der Waals surface area contributed by atoms with E-state index < -0.39 is 6.09 Å². The van der Waals surface area contributed by atoms with Crippen LogP contribution in [0.15, 0.2) is 42.5 Å². The van der Waals surface area contributed by atoms with E-state index in [1.165, 1.54) is 24.8 Å². The minimum Gasteiger partial charge on any atom is -0.465 e. The zero-order valence-electron chi connectivity index (χ0n) is 18.0. The van der Waals surface area contributed by atoms with Crippen LogP contribution in [-0.4, -0.2) is 56.0 Å². The van der Waals surface area contributed by atoms with Gasteiger partial charge in [-0.25, -0.2) is 9.31 Å². The SMILES string of the molecule is C1CC1.CC1(C)COCCN1Cc1ccc(-c2cccc3nc(NC(=O)O)nn23)cc1. The molecule has 2 aliphatic rings. The summed E-state index contributed by atoms with van der Waals surface area (Å²) in [6.45, 7) is 7.71. The number of hydrogen-bond donors (Lipinski definition) is 2. The molecule has 8 nitrogen and oxygen atoms in total. The van der Waals surface area contributed by atoms with Crippen LogP contribution in [0.3, 0.4) is 0 Å². The summed E-state index contributed by atoms with van der Waals surface area (Å²) < 4.78 is 7.24. The Labute approximate surface area is 181 Å². The molecule has 2 aromatic heterocycles. The average molecular weight is 424 g/mol. The molecular weight excluding hydrogens is 394 g/mol. The summed E-state index contributed by atoms with van der Waals surface area (Å²) in [4.78, 5) is 17.5. The first-order valence-electron chi connectivity index (χ1n) is 10.7. The first-order valence-corrected chi connectivity index (χ1v) is 10.7. The van der Waals surface area contributed by atoms with Crippen LogP contribution in [-0.2, 0) is 11.3 Å². The van der Waals surface area contributed by atoms with Gasteiger partial charge in [0.1, 0.15) is 0 Å². The van der Waals surface area contributed by atoms with Gasteiger partial charge in [0.2, 0.25) is 0 Å². The van der Waals surface area contributed by atoms with Crippen LogP contribution in [0.5, 0.6) is 0 Å². The van der Waals surface area contributed by atoms with Crippen molar-refractivity contribution in [2.75, 3.05) is 25.1 Å². The van der Waals surface area contributed by atoms with E-state index in [4.69, 9.17) is 9.84 Å². The van der Waals surface area contributed by atoms with Crippen molar-refractivity contribution in [1.82, 2.24) is 19.5 Å². The van der Waals surface area contributed by atoms with Gasteiger partial charge < -0.3 is 9.84 Å². The largest absolute Gasteiger partial charge is 0.465 e. The van der Waals surface area contributed by atoms with Crippen LogP contribution in [0.25, 0.3) is 16.9 Å². The molecule has 0 spiro atoms. The van der Waals surface area contributed by atoms with E-state index in [2.05, 4.69) is 58.4 Å². The Morgan fingerprint density at radius 3 is 2.55 bits per heavy atom. The van der Waals surface area contributed by atoms with Gasteiger partial charge in [0, 0.05) is 24.2 Å². The Morgan fingerprint density at radius 2 is 1.90 bits per heavy atom. The summed E-state index contributed by atoms with van der Waals surface area (Å²) in [6.07, 6.45) is 3.31. The van der Waals surface area contributed by atoms with Crippen molar-refractivity contribution in [3.63, 3.8) is 0 Å². The van der Waals surface area contributed by atoms with Crippen LogP contribution in [0.1, 0.15) is 38.7 Å². The summed E-state index contributed by atoms with van der Waals surface area (Å²) in [5.74, 6) is 0.0612. The van der Waals surface area contributed by atoms with E-state index in [0.29, 0.717) is 5.65 Å². The van der Waals surface area contributed by atoms with E-state index in [1.807, 2.05) is 12.1 Å². The molecule has 1 aliphatic carbocycles. The number of ether oxygens (including phenoxy) is 1. The number of nitrogens with one attached hydrogen (secondary N) is 1. The molecule has 0 unspecified atom stereocenters. The molecule has 0 bridgehead atoms. The molecule has 3 heterocycles. The Morgan fingerprint density at radius 1 is 1.16 bits per heavy atom.